The highest BCUT2D eigenvalue weighted by atomic mass is 19.1. The van der Waals surface area contributed by atoms with Gasteiger partial charge in [0, 0.05) is 11.8 Å². The monoisotopic (exact) mass is 325 g/mol. The van der Waals surface area contributed by atoms with Gasteiger partial charge in [-0.3, -0.25) is 4.98 Å². The lowest BCUT2D eigenvalue weighted by Crippen LogP contribution is -2.12. The molecule has 1 aromatic heterocycles. The Morgan fingerprint density at radius 1 is 1.04 bits per heavy atom. The van der Waals surface area contributed by atoms with E-state index in [1.165, 1.54) is 37.7 Å². The lowest BCUT2D eigenvalue weighted by molar-refractivity contribution is 0.318. The molecule has 24 heavy (non-hydrogen) atoms. The van der Waals surface area contributed by atoms with Crippen LogP contribution in [0.1, 0.15) is 69.4 Å². The van der Waals surface area contributed by atoms with E-state index in [1.807, 2.05) is 18.3 Å². The van der Waals surface area contributed by atoms with Crippen molar-refractivity contribution >= 4 is 0 Å². The van der Waals surface area contributed by atoms with Crippen molar-refractivity contribution in [3.8, 4) is 11.3 Å². The number of pyridine rings is 1. The first kappa shape index (κ1) is 17.1. The van der Waals surface area contributed by atoms with Gasteiger partial charge in [-0.15, -0.1) is 0 Å². The molecule has 2 heteroatoms. The van der Waals surface area contributed by atoms with Crippen molar-refractivity contribution < 1.29 is 4.39 Å². The van der Waals surface area contributed by atoms with E-state index in [1.54, 1.807) is 6.07 Å². The number of hydrogen-bond donors (Lipinski definition) is 0. The van der Waals surface area contributed by atoms with E-state index in [2.05, 4.69) is 31.0 Å². The summed E-state index contributed by atoms with van der Waals surface area (Å²) in [6.45, 7) is 4.43. The SMILES string of the molecule is CCCc1ccc(-c2ccc(C3CCC(CC)CC3)cc2F)nc1. The summed E-state index contributed by atoms with van der Waals surface area (Å²) >= 11 is 0. The van der Waals surface area contributed by atoms with Crippen molar-refractivity contribution in [1.82, 2.24) is 4.98 Å². The second kappa shape index (κ2) is 7.92. The summed E-state index contributed by atoms with van der Waals surface area (Å²) in [7, 11) is 0. The molecule has 1 aromatic carbocycles. The van der Waals surface area contributed by atoms with Gasteiger partial charge in [0.05, 0.1) is 5.69 Å². The van der Waals surface area contributed by atoms with Crippen LogP contribution in [0.4, 0.5) is 4.39 Å². The van der Waals surface area contributed by atoms with E-state index >= 15 is 0 Å². The zero-order valence-electron chi connectivity index (χ0n) is 14.9. The molecular formula is C22H28FN. The van der Waals surface area contributed by atoms with Gasteiger partial charge < -0.3 is 0 Å². The van der Waals surface area contributed by atoms with Crippen LogP contribution in [0.3, 0.4) is 0 Å². The van der Waals surface area contributed by atoms with Crippen molar-refractivity contribution in [2.45, 2.75) is 64.7 Å². The topological polar surface area (TPSA) is 12.9 Å². The van der Waals surface area contributed by atoms with Crippen LogP contribution < -0.4 is 0 Å². The van der Waals surface area contributed by atoms with Crippen molar-refractivity contribution in [2.24, 2.45) is 5.92 Å². The molecule has 1 aliphatic rings. The summed E-state index contributed by atoms with van der Waals surface area (Å²) in [4.78, 5) is 4.45. The maximum absolute atomic E-state index is 14.6. The minimum atomic E-state index is -0.138. The Hall–Kier alpha value is -1.70. The quantitative estimate of drug-likeness (QED) is 0.609. The van der Waals surface area contributed by atoms with Crippen LogP contribution in [0.25, 0.3) is 11.3 Å². The van der Waals surface area contributed by atoms with Gasteiger partial charge in [0.2, 0.25) is 0 Å². The maximum Gasteiger partial charge on any atom is 0.132 e. The molecule has 2 aromatic rings. The maximum atomic E-state index is 14.6. The minimum absolute atomic E-state index is 0.138. The fraction of sp³-hybridized carbons (Fsp3) is 0.500. The second-order valence-corrected chi connectivity index (χ2v) is 7.17. The lowest BCUT2D eigenvalue weighted by atomic mass is 9.77. The highest BCUT2D eigenvalue weighted by Crippen LogP contribution is 2.38. The number of hydrogen-bond acceptors (Lipinski definition) is 1. The second-order valence-electron chi connectivity index (χ2n) is 7.17. The Labute approximate surface area is 145 Å². The van der Waals surface area contributed by atoms with Crippen LogP contribution in [-0.4, -0.2) is 4.98 Å². The minimum Gasteiger partial charge on any atom is -0.256 e. The van der Waals surface area contributed by atoms with Gasteiger partial charge in [-0.05, 0) is 73.3 Å². The number of aryl methyl sites for hydroxylation is 1. The fourth-order valence-electron chi connectivity index (χ4n) is 3.92. The largest absolute Gasteiger partial charge is 0.256 e. The number of rotatable bonds is 5. The van der Waals surface area contributed by atoms with Crippen molar-refractivity contribution in [3.63, 3.8) is 0 Å². The first-order valence-corrected chi connectivity index (χ1v) is 9.46. The van der Waals surface area contributed by atoms with E-state index < -0.39 is 0 Å². The molecule has 1 heterocycles. The Kier molecular flexibility index (Phi) is 5.65. The summed E-state index contributed by atoms with van der Waals surface area (Å²) in [6.07, 6.45) is 10.2. The van der Waals surface area contributed by atoms with Gasteiger partial charge >= 0.3 is 0 Å². The van der Waals surface area contributed by atoms with Crippen LogP contribution >= 0.6 is 0 Å². The zero-order valence-corrected chi connectivity index (χ0v) is 14.9. The molecule has 0 amide bonds. The van der Waals surface area contributed by atoms with Crippen LogP contribution in [0.2, 0.25) is 0 Å². The molecule has 1 nitrogen and oxygen atoms in total. The molecule has 3 rings (SSSR count). The number of halogens is 1. The van der Waals surface area contributed by atoms with Crippen LogP contribution in [0, 0.1) is 11.7 Å². The van der Waals surface area contributed by atoms with Gasteiger partial charge in [-0.2, -0.15) is 0 Å². The summed E-state index contributed by atoms with van der Waals surface area (Å²) in [5, 5.41) is 0. The zero-order chi connectivity index (χ0) is 16.9. The third-order valence-electron chi connectivity index (χ3n) is 5.53. The van der Waals surface area contributed by atoms with E-state index in [0.717, 1.165) is 30.0 Å². The smallest absolute Gasteiger partial charge is 0.132 e. The third-order valence-corrected chi connectivity index (χ3v) is 5.53. The summed E-state index contributed by atoms with van der Waals surface area (Å²) in [5.41, 5.74) is 3.72. The average molecular weight is 325 g/mol. The predicted molar refractivity (Wildman–Crippen MR) is 98.6 cm³/mol. The highest BCUT2D eigenvalue weighted by molar-refractivity contribution is 5.60. The first-order chi connectivity index (χ1) is 11.7. The number of nitrogens with zero attached hydrogens (tertiary/aromatic N) is 1. The molecule has 0 spiro atoms. The molecule has 0 unspecified atom stereocenters. The van der Waals surface area contributed by atoms with Crippen LogP contribution in [0.5, 0.6) is 0 Å². The summed E-state index contributed by atoms with van der Waals surface area (Å²) in [5.74, 6) is 1.26. The fourth-order valence-corrected chi connectivity index (χ4v) is 3.92. The molecule has 0 radical (unpaired) electrons. The van der Waals surface area contributed by atoms with E-state index in [-0.39, 0.29) is 5.82 Å². The van der Waals surface area contributed by atoms with E-state index in [0.29, 0.717) is 11.5 Å². The van der Waals surface area contributed by atoms with Gasteiger partial charge in [0.15, 0.2) is 0 Å². The average Bonchev–Trinajstić information content (AvgIpc) is 2.63. The predicted octanol–water partition coefficient (Wildman–Crippen LogP) is 6.52. The molecule has 0 saturated heterocycles. The summed E-state index contributed by atoms with van der Waals surface area (Å²) < 4.78 is 14.6. The normalized spacial score (nSPS) is 21.0. The van der Waals surface area contributed by atoms with Crippen molar-refractivity contribution in [1.29, 1.82) is 0 Å². The van der Waals surface area contributed by atoms with Crippen molar-refractivity contribution in [3.05, 3.63) is 53.5 Å². The third kappa shape index (κ3) is 3.85. The number of aromatic nitrogens is 1. The molecule has 1 aliphatic carbocycles. The molecule has 0 N–H and O–H groups in total. The van der Waals surface area contributed by atoms with Crippen molar-refractivity contribution in [2.75, 3.05) is 0 Å². The van der Waals surface area contributed by atoms with Gasteiger partial charge in [0.1, 0.15) is 5.82 Å². The Balaban J connectivity index is 1.75. The molecule has 0 aliphatic heterocycles. The highest BCUT2D eigenvalue weighted by Gasteiger charge is 2.22. The molecule has 128 valence electrons. The molecular weight excluding hydrogens is 297 g/mol. The van der Waals surface area contributed by atoms with Gasteiger partial charge in [0.25, 0.3) is 0 Å². The molecule has 0 atom stereocenters. The lowest BCUT2D eigenvalue weighted by Gasteiger charge is -2.28. The molecule has 1 saturated carbocycles. The Morgan fingerprint density at radius 3 is 2.42 bits per heavy atom. The molecule has 0 bridgehead atoms. The van der Waals surface area contributed by atoms with Crippen LogP contribution in [-0.2, 0) is 6.42 Å². The van der Waals surface area contributed by atoms with E-state index in [9.17, 15) is 4.39 Å². The molecule has 1 fully saturated rings. The Bertz CT molecular complexity index is 654. The first-order valence-electron chi connectivity index (χ1n) is 9.46. The Morgan fingerprint density at radius 2 is 1.83 bits per heavy atom. The van der Waals surface area contributed by atoms with Gasteiger partial charge in [-0.1, -0.05) is 38.8 Å². The van der Waals surface area contributed by atoms with Crippen LogP contribution in [0.15, 0.2) is 36.5 Å². The van der Waals surface area contributed by atoms with E-state index in [4.69, 9.17) is 0 Å². The van der Waals surface area contributed by atoms with Gasteiger partial charge in [-0.25, -0.2) is 4.39 Å². The summed E-state index contributed by atoms with van der Waals surface area (Å²) in [6, 6.07) is 9.77. The number of benzene rings is 1. The standard InChI is InChI=1S/C22H28FN/c1-3-5-17-8-13-22(24-15-17)20-12-11-19(14-21(20)23)18-9-6-16(4-2)7-10-18/h8,11-16,18H,3-7,9-10H2,1-2H3.